The summed E-state index contributed by atoms with van der Waals surface area (Å²) in [7, 11) is 2.65. The van der Waals surface area contributed by atoms with Gasteiger partial charge in [-0.15, -0.1) is 0 Å². The van der Waals surface area contributed by atoms with Gasteiger partial charge < -0.3 is 33.0 Å². The first kappa shape index (κ1) is 18.9. The van der Waals surface area contributed by atoms with Crippen LogP contribution in [0.25, 0.3) is 0 Å². The average molecular weight is 298 g/mol. The fourth-order valence-electron chi connectivity index (χ4n) is 1.34. The Labute approximate surface area is 115 Å². The minimum atomic E-state index is -2.19. The van der Waals surface area contributed by atoms with E-state index in [1.165, 1.54) is 0 Å². The lowest BCUT2D eigenvalue weighted by Crippen LogP contribution is -2.41. The van der Waals surface area contributed by atoms with E-state index in [1.807, 2.05) is 6.92 Å². The molecule has 2 rings (SSSR count). The Hall–Kier alpha value is -0.0631. The summed E-state index contributed by atoms with van der Waals surface area (Å²) in [5, 5.41) is 0. The van der Waals surface area contributed by atoms with Crippen molar-refractivity contribution in [3.63, 3.8) is 0 Å². The van der Waals surface area contributed by atoms with Crippen molar-refractivity contribution < 1.29 is 33.0 Å². The van der Waals surface area contributed by atoms with Gasteiger partial charge in [0.1, 0.15) is 12.2 Å². The molecule has 2 atom stereocenters. The van der Waals surface area contributed by atoms with E-state index < -0.39 is 8.80 Å². The van der Waals surface area contributed by atoms with Crippen molar-refractivity contribution in [1.82, 2.24) is 0 Å². The van der Waals surface area contributed by atoms with Gasteiger partial charge in [0.05, 0.1) is 26.4 Å². The number of ether oxygens (including phenoxy) is 3. The minimum Gasteiger partial charge on any atom is -0.412 e. The largest absolute Gasteiger partial charge is 0.499 e. The average Bonchev–Trinajstić information content (AvgIpc) is 3.29. The predicted molar refractivity (Wildman–Crippen MR) is 71.2 cm³/mol. The van der Waals surface area contributed by atoms with Gasteiger partial charge in [-0.1, -0.05) is 6.92 Å². The Bertz CT molecular complexity index is 188. The molecule has 2 aliphatic rings. The maximum absolute atomic E-state index is 5.23. The number of hydrogen-bond donors (Lipinski definition) is 0. The number of hydrogen-bond acceptors (Lipinski definition) is 6. The van der Waals surface area contributed by atoms with Crippen LogP contribution in [0, 0.1) is 0 Å². The number of rotatable bonds is 8. The minimum absolute atomic E-state index is 0. The maximum Gasteiger partial charge on any atom is 0.499 e. The summed E-state index contributed by atoms with van der Waals surface area (Å²) in [6.07, 6.45) is 0.785. The molecule has 7 nitrogen and oxygen atoms in total. The van der Waals surface area contributed by atoms with Crippen LogP contribution in [0.5, 0.6) is 0 Å². The van der Waals surface area contributed by atoms with Crippen LogP contribution in [0.15, 0.2) is 0 Å². The van der Waals surface area contributed by atoms with E-state index >= 15 is 0 Å². The van der Waals surface area contributed by atoms with Gasteiger partial charge >= 0.3 is 8.80 Å². The summed E-state index contributed by atoms with van der Waals surface area (Å²) in [6, 6.07) is 0.816. The summed E-state index contributed by atoms with van der Waals surface area (Å²) in [5.74, 6) is 0. The van der Waals surface area contributed by atoms with Gasteiger partial charge in [-0.2, -0.15) is 0 Å². The van der Waals surface area contributed by atoms with Crippen LogP contribution in [0.4, 0.5) is 0 Å². The van der Waals surface area contributed by atoms with Crippen LogP contribution in [0.1, 0.15) is 6.92 Å². The molecule has 2 saturated heterocycles. The first-order valence-electron chi connectivity index (χ1n) is 6.16. The van der Waals surface area contributed by atoms with Crippen molar-refractivity contribution in [3.05, 3.63) is 0 Å². The van der Waals surface area contributed by atoms with Gasteiger partial charge in [0.2, 0.25) is 0 Å². The molecule has 0 spiro atoms. The lowest BCUT2D eigenvalue weighted by molar-refractivity contribution is 0.102. The molecule has 2 N–H and O–H groups in total. The molecule has 8 heteroatoms. The summed E-state index contributed by atoms with van der Waals surface area (Å²) < 4.78 is 30.4. The van der Waals surface area contributed by atoms with Crippen LogP contribution in [0.3, 0.4) is 0 Å². The van der Waals surface area contributed by atoms with Crippen molar-refractivity contribution >= 4 is 8.80 Å². The van der Waals surface area contributed by atoms with Gasteiger partial charge in [0.15, 0.2) is 0 Å². The molecule has 0 amide bonds. The van der Waals surface area contributed by atoms with Crippen molar-refractivity contribution in [1.29, 1.82) is 0 Å². The second kappa shape index (κ2) is 9.78. The van der Waals surface area contributed by atoms with E-state index in [0.29, 0.717) is 12.2 Å². The summed E-state index contributed by atoms with van der Waals surface area (Å²) in [6.45, 7) is 5.25. The van der Waals surface area contributed by atoms with Crippen LogP contribution >= 0.6 is 0 Å². The Morgan fingerprint density at radius 1 is 0.947 bits per heavy atom. The molecule has 2 aliphatic heterocycles. The molecule has 0 aromatic rings. The Kier molecular flexibility index (Phi) is 9.75. The highest BCUT2D eigenvalue weighted by Crippen LogP contribution is 2.12. The summed E-state index contributed by atoms with van der Waals surface area (Å²) in [5.41, 5.74) is 0. The number of epoxide rings is 2. The summed E-state index contributed by atoms with van der Waals surface area (Å²) in [4.78, 5) is 0. The molecule has 2 heterocycles. The van der Waals surface area contributed by atoms with Crippen molar-refractivity contribution in [3.8, 4) is 0 Å². The molecule has 0 radical (unpaired) electrons. The lowest BCUT2D eigenvalue weighted by atomic mass is 10.5. The molecule has 2 fully saturated rings. The molecule has 19 heavy (non-hydrogen) atoms. The fraction of sp³-hybridized carbons (Fsp3) is 1.00. The Morgan fingerprint density at radius 2 is 1.32 bits per heavy atom. The monoisotopic (exact) mass is 298 g/mol. The van der Waals surface area contributed by atoms with Crippen molar-refractivity contribution in [2.24, 2.45) is 0 Å². The molecular weight excluding hydrogens is 272 g/mol. The van der Waals surface area contributed by atoms with E-state index in [2.05, 4.69) is 0 Å². The highest BCUT2D eigenvalue weighted by molar-refractivity contribution is 6.60. The highest BCUT2D eigenvalue weighted by Gasteiger charge is 2.34. The fourth-order valence-corrected chi connectivity index (χ4v) is 2.71. The zero-order valence-corrected chi connectivity index (χ0v) is 13.1. The quantitative estimate of drug-likeness (QED) is 0.457. The third-order valence-electron chi connectivity index (χ3n) is 2.78. The van der Waals surface area contributed by atoms with Crippen LogP contribution in [-0.4, -0.2) is 74.2 Å². The maximum atomic E-state index is 5.23. The molecule has 0 aromatic heterocycles. The van der Waals surface area contributed by atoms with Crippen molar-refractivity contribution in [2.75, 3.05) is 47.8 Å². The second-order valence-corrected chi connectivity index (χ2v) is 7.39. The zero-order valence-electron chi connectivity index (χ0n) is 12.1. The van der Waals surface area contributed by atoms with E-state index in [9.17, 15) is 0 Å². The van der Waals surface area contributed by atoms with Crippen LogP contribution in [0.2, 0.25) is 6.04 Å². The molecule has 2 unspecified atom stereocenters. The molecular formula is C11H26O7Si. The molecule has 0 aliphatic carbocycles. The highest BCUT2D eigenvalue weighted by atomic mass is 28.4. The zero-order chi connectivity index (χ0) is 13.4. The topological polar surface area (TPSA) is 93.5 Å². The van der Waals surface area contributed by atoms with E-state index in [0.717, 1.165) is 32.5 Å². The first-order chi connectivity index (χ1) is 8.69. The van der Waals surface area contributed by atoms with E-state index in [-0.39, 0.29) is 5.48 Å². The Balaban J connectivity index is 0.000000324. The van der Waals surface area contributed by atoms with Crippen molar-refractivity contribution in [2.45, 2.75) is 25.2 Å². The molecule has 0 bridgehead atoms. The third kappa shape index (κ3) is 7.95. The van der Waals surface area contributed by atoms with Gasteiger partial charge in [-0.25, -0.2) is 0 Å². The van der Waals surface area contributed by atoms with E-state index in [1.54, 1.807) is 21.3 Å². The molecule has 0 aromatic carbocycles. The second-order valence-electron chi connectivity index (χ2n) is 4.10. The van der Waals surface area contributed by atoms with Gasteiger partial charge in [0, 0.05) is 27.4 Å². The van der Waals surface area contributed by atoms with Gasteiger partial charge in [-0.3, -0.25) is 0 Å². The summed E-state index contributed by atoms with van der Waals surface area (Å²) >= 11 is 0. The SMILES string of the molecule is C(OCC1CO1)C1CO1.CC[Si](OC)(OC)OC.O. The third-order valence-corrected chi connectivity index (χ3v) is 5.51. The smallest absolute Gasteiger partial charge is 0.412 e. The molecule has 116 valence electrons. The predicted octanol–water partition coefficient (Wildman–Crippen LogP) is -0.140. The Morgan fingerprint density at radius 3 is 1.47 bits per heavy atom. The van der Waals surface area contributed by atoms with Crippen LogP contribution in [-0.2, 0) is 27.5 Å². The standard InChI is InChI=1S/C6H10O3.C5H14O3Si.H2O/c1(5-3-8-5)7-2-6-4-9-6;1-5-9(6-2,7-3)8-4;/h5-6H,1-4H2;5H2,1-4H3;1H2. The normalized spacial score (nSPS) is 24.0. The van der Waals surface area contributed by atoms with Gasteiger partial charge in [0.25, 0.3) is 0 Å². The molecule has 0 saturated carbocycles. The van der Waals surface area contributed by atoms with E-state index in [4.69, 9.17) is 27.5 Å². The van der Waals surface area contributed by atoms with Crippen LogP contribution < -0.4 is 0 Å². The first-order valence-corrected chi connectivity index (χ1v) is 8.09. The lowest BCUT2D eigenvalue weighted by Gasteiger charge is -2.22. The van der Waals surface area contributed by atoms with Gasteiger partial charge in [-0.05, 0) is 0 Å².